The Morgan fingerprint density at radius 2 is 2.00 bits per heavy atom. The van der Waals surface area contributed by atoms with E-state index in [1.165, 1.54) is 0 Å². The maximum Gasteiger partial charge on any atom is 0.220 e. The summed E-state index contributed by atoms with van der Waals surface area (Å²) in [6.07, 6.45) is 1.92. The highest BCUT2D eigenvalue weighted by Crippen LogP contribution is 2.29. The number of hydrogen-bond acceptors (Lipinski definition) is 4. The monoisotopic (exact) mass is 280 g/mol. The molecule has 0 radical (unpaired) electrons. The van der Waals surface area contributed by atoms with Crippen molar-refractivity contribution >= 4 is 5.91 Å². The molecule has 0 aliphatic rings. The predicted octanol–water partition coefficient (Wildman–Crippen LogP) is 1.62. The molecule has 0 bridgehead atoms. The third-order valence-corrected chi connectivity index (χ3v) is 2.94. The highest BCUT2D eigenvalue weighted by molar-refractivity contribution is 5.73. The first-order chi connectivity index (χ1) is 9.56. The standard InChI is InChI=1S/C15H24N2O3/c1-3-12(16)9-11-5-6-13(14(10-11)19-4-2)20-8-7-15(17)18/h5-6,10,12H,3-4,7-9,16H2,1-2H3,(H2,17,18). The molecule has 5 heteroatoms. The molecule has 1 aromatic carbocycles. The predicted molar refractivity (Wildman–Crippen MR) is 78.9 cm³/mol. The molecule has 1 unspecified atom stereocenters. The maximum absolute atomic E-state index is 10.7. The van der Waals surface area contributed by atoms with Gasteiger partial charge >= 0.3 is 0 Å². The Kier molecular flexibility index (Phi) is 6.87. The van der Waals surface area contributed by atoms with Crippen molar-refractivity contribution < 1.29 is 14.3 Å². The Hall–Kier alpha value is -1.75. The number of rotatable bonds is 9. The number of amides is 1. The summed E-state index contributed by atoms with van der Waals surface area (Å²) in [5.74, 6) is 0.924. The fourth-order valence-electron chi connectivity index (χ4n) is 1.78. The van der Waals surface area contributed by atoms with Gasteiger partial charge in [-0.25, -0.2) is 0 Å². The van der Waals surface area contributed by atoms with Crippen molar-refractivity contribution in [3.05, 3.63) is 23.8 Å². The molecule has 0 aliphatic carbocycles. The first-order valence-corrected chi connectivity index (χ1v) is 6.99. The summed E-state index contributed by atoms with van der Waals surface area (Å²) in [5, 5.41) is 0. The molecule has 0 saturated carbocycles. The van der Waals surface area contributed by atoms with Gasteiger partial charge in [0.05, 0.1) is 19.6 Å². The molecule has 0 spiro atoms. The lowest BCUT2D eigenvalue weighted by Crippen LogP contribution is -2.21. The highest BCUT2D eigenvalue weighted by atomic mass is 16.5. The first-order valence-electron chi connectivity index (χ1n) is 6.99. The van der Waals surface area contributed by atoms with Gasteiger partial charge in [0.15, 0.2) is 11.5 Å². The lowest BCUT2D eigenvalue weighted by molar-refractivity contribution is -0.118. The van der Waals surface area contributed by atoms with Gasteiger partial charge in [-0.15, -0.1) is 0 Å². The molecule has 1 aromatic rings. The molecule has 5 nitrogen and oxygen atoms in total. The van der Waals surface area contributed by atoms with Crippen molar-refractivity contribution in [2.45, 2.75) is 39.2 Å². The summed E-state index contributed by atoms with van der Waals surface area (Å²) >= 11 is 0. The van der Waals surface area contributed by atoms with Crippen LogP contribution in [-0.2, 0) is 11.2 Å². The first kappa shape index (κ1) is 16.3. The van der Waals surface area contributed by atoms with E-state index in [0.717, 1.165) is 18.4 Å². The average Bonchev–Trinajstić information content (AvgIpc) is 2.41. The van der Waals surface area contributed by atoms with E-state index in [9.17, 15) is 4.79 Å². The molecule has 0 aromatic heterocycles. The molecular weight excluding hydrogens is 256 g/mol. The second-order valence-corrected chi connectivity index (χ2v) is 4.65. The Labute approximate surface area is 120 Å². The fraction of sp³-hybridized carbons (Fsp3) is 0.533. The Balaban J connectivity index is 2.75. The molecule has 1 rings (SSSR count). The zero-order chi connectivity index (χ0) is 15.0. The summed E-state index contributed by atoms with van der Waals surface area (Å²) in [4.78, 5) is 10.7. The highest BCUT2D eigenvalue weighted by Gasteiger charge is 2.09. The second kappa shape index (κ2) is 8.43. The Bertz CT molecular complexity index is 435. The Morgan fingerprint density at radius 1 is 1.25 bits per heavy atom. The van der Waals surface area contributed by atoms with Crippen molar-refractivity contribution in [3.63, 3.8) is 0 Å². The molecule has 112 valence electrons. The molecule has 4 N–H and O–H groups in total. The van der Waals surface area contributed by atoms with Crippen molar-refractivity contribution in [1.82, 2.24) is 0 Å². The van der Waals surface area contributed by atoms with Crippen LogP contribution in [0.5, 0.6) is 11.5 Å². The largest absolute Gasteiger partial charge is 0.490 e. The SMILES string of the molecule is CCOc1cc(CC(N)CC)ccc1OCCC(N)=O. The summed E-state index contributed by atoms with van der Waals surface area (Å²) in [5.41, 5.74) is 12.2. The summed E-state index contributed by atoms with van der Waals surface area (Å²) < 4.78 is 11.1. The van der Waals surface area contributed by atoms with Gasteiger partial charge < -0.3 is 20.9 Å². The van der Waals surface area contributed by atoms with Crippen LogP contribution in [0.25, 0.3) is 0 Å². The van der Waals surface area contributed by atoms with Crippen LogP contribution in [-0.4, -0.2) is 25.2 Å². The van der Waals surface area contributed by atoms with E-state index in [1.54, 1.807) is 0 Å². The molecule has 0 heterocycles. The number of hydrogen-bond donors (Lipinski definition) is 2. The van der Waals surface area contributed by atoms with Crippen molar-refractivity contribution in [1.29, 1.82) is 0 Å². The molecule has 0 saturated heterocycles. The quantitative estimate of drug-likeness (QED) is 0.719. The molecule has 1 amide bonds. The normalized spacial score (nSPS) is 11.9. The van der Waals surface area contributed by atoms with Gasteiger partial charge in [0, 0.05) is 6.04 Å². The topological polar surface area (TPSA) is 87.6 Å². The molecule has 0 aliphatic heterocycles. The van der Waals surface area contributed by atoms with Crippen LogP contribution in [0.3, 0.4) is 0 Å². The lowest BCUT2D eigenvalue weighted by Gasteiger charge is -2.14. The van der Waals surface area contributed by atoms with Gasteiger partial charge in [0.2, 0.25) is 5.91 Å². The van der Waals surface area contributed by atoms with Crippen LogP contribution in [0.4, 0.5) is 0 Å². The van der Waals surface area contributed by atoms with Crippen LogP contribution in [0.15, 0.2) is 18.2 Å². The van der Waals surface area contributed by atoms with E-state index in [2.05, 4.69) is 6.92 Å². The molecular formula is C15H24N2O3. The summed E-state index contributed by atoms with van der Waals surface area (Å²) in [6, 6.07) is 5.91. The third kappa shape index (κ3) is 5.48. The summed E-state index contributed by atoms with van der Waals surface area (Å²) in [7, 11) is 0. The number of carbonyl (C=O) groups excluding carboxylic acids is 1. The smallest absolute Gasteiger partial charge is 0.220 e. The minimum atomic E-state index is -0.381. The van der Waals surface area contributed by atoms with Crippen LogP contribution >= 0.6 is 0 Å². The van der Waals surface area contributed by atoms with E-state index >= 15 is 0 Å². The van der Waals surface area contributed by atoms with Gasteiger partial charge in [0.25, 0.3) is 0 Å². The van der Waals surface area contributed by atoms with E-state index < -0.39 is 0 Å². The molecule has 1 atom stereocenters. The zero-order valence-corrected chi connectivity index (χ0v) is 12.2. The fourth-order valence-corrected chi connectivity index (χ4v) is 1.78. The second-order valence-electron chi connectivity index (χ2n) is 4.65. The lowest BCUT2D eigenvalue weighted by atomic mass is 10.0. The molecule has 0 fully saturated rings. The zero-order valence-electron chi connectivity index (χ0n) is 12.2. The number of benzene rings is 1. The maximum atomic E-state index is 10.7. The van der Waals surface area contributed by atoms with Crippen LogP contribution in [0.2, 0.25) is 0 Å². The number of primary amides is 1. The minimum absolute atomic E-state index is 0.145. The Morgan fingerprint density at radius 3 is 2.60 bits per heavy atom. The van der Waals surface area contributed by atoms with Gasteiger partial charge in [-0.3, -0.25) is 4.79 Å². The van der Waals surface area contributed by atoms with Crippen molar-refractivity contribution in [2.24, 2.45) is 11.5 Å². The van der Waals surface area contributed by atoms with E-state index in [4.69, 9.17) is 20.9 Å². The van der Waals surface area contributed by atoms with E-state index in [-0.39, 0.29) is 25.0 Å². The van der Waals surface area contributed by atoms with Gasteiger partial charge in [-0.2, -0.15) is 0 Å². The number of carbonyl (C=O) groups is 1. The minimum Gasteiger partial charge on any atom is -0.490 e. The van der Waals surface area contributed by atoms with Gasteiger partial charge in [-0.05, 0) is 37.5 Å². The van der Waals surface area contributed by atoms with Crippen molar-refractivity contribution in [2.75, 3.05) is 13.2 Å². The van der Waals surface area contributed by atoms with Crippen LogP contribution in [0, 0.1) is 0 Å². The summed E-state index contributed by atoms with van der Waals surface area (Å²) in [6.45, 7) is 4.78. The molecule has 20 heavy (non-hydrogen) atoms. The van der Waals surface area contributed by atoms with Gasteiger partial charge in [-0.1, -0.05) is 13.0 Å². The number of ether oxygens (including phenoxy) is 2. The number of nitrogens with two attached hydrogens (primary N) is 2. The van der Waals surface area contributed by atoms with Crippen LogP contribution in [0.1, 0.15) is 32.3 Å². The average molecular weight is 280 g/mol. The van der Waals surface area contributed by atoms with E-state index in [0.29, 0.717) is 18.1 Å². The van der Waals surface area contributed by atoms with Gasteiger partial charge in [0.1, 0.15) is 0 Å². The van der Waals surface area contributed by atoms with E-state index in [1.807, 2.05) is 25.1 Å². The third-order valence-electron chi connectivity index (χ3n) is 2.94. The van der Waals surface area contributed by atoms with Crippen molar-refractivity contribution in [3.8, 4) is 11.5 Å². The van der Waals surface area contributed by atoms with Crippen LogP contribution < -0.4 is 20.9 Å².